The second kappa shape index (κ2) is 4.57. The lowest BCUT2D eigenvalue weighted by molar-refractivity contribution is -0.119. The molecule has 0 aromatic carbocycles. The van der Waals surface area contributed by atoms with Crippen LogP contribution in [0.4, 0.5) is 4.79 Å². The molecular weight excluding hydrogens is 184 g/mol. The van der Waals surface area contributed by atoms with Gasteiger partial charge >= 0.3 is 6.03 Å². The first-order valence-corrected chi connectivity index (χ1v) is 4.14. The van der Waals surface area contributed by atoms with Gasteiger partial charge in [0.1, 0.15) is 6.54 Å². The smallest absolute Gasteiger partial charge is 0.326 e. The van der Waals surface area contributed by atoms with Crippen LogP contribution in [0, 0.1) is 0 Å². The molecule has 1 saturated heterocycles. The second-order valence-corrected chi connectivity index (χ2v) is 2.73. The van der Waals surface area contributed by atoms with E-state index in [1.807, 2.05) is 0 Å². The third-order valence-electron chi connectivity index (χ3n) is 1.71. The average molecular weight is 196 g/mol. The van der Waals surface area contributed by atoms with Crippen LogP contribution >= 0.6 is 0 Å². The summed E-state index contributed by atoms with van der Waals surface area (Å²) in [6, 6.07) is -0.455. The monoisotopic (exact) mass is 196 g/mol. The highest BCUT2D eigenvalue weighted by molar-refractivity contribution is 6.02. The Bertz CT molecular complexity index is 275. The van der Waals surface area contributed by atoms with E-state index in [1.165, 1.54) is 11.0 Å². The van der Waals surface area contributed by atoms with Crippen LogP contribution in [0.1, 0.15) is 0 Å². The van der Waals surface area contributed by atoms with Gasteiger partial charge in [-0.05, 0) is 6.08 Å². The van der Waals surface area contributed by atoms with Crippen molar-refractivity contribution < 1.29 is 14.3 Å². The summed E-state index contributed by atoms with van der Waals surface area (Å²) in [6.07, 6.45) is 2.44. The zero-order valence-electron chi connectivity index (χ0n) is 7.73. The van der Waals surface area contributed by atoms with Gasteiger partial charge in [0.25, 0.3) is 0 Å². The van der Waals surface area contributed by atoms with Crippen molar-refractivity contribution in [1.82, 2.24) is 10.2 Å². The first-order chi connectivity index (χ1) is 6.69. The van der Waals surface area contributed by atoms with Crippen molar-refractivity contribution in [2.45, 2.75) is 6.23 Å². The van der Waals surface area contributed by atoms with Gasteiger partial charge in [-0.1, -0.05) is 12.7 Å². The topological polar surface area (TPSA) is 58.6 Å². The fraction of sp³-hybridized carbons (Fsp3) is 0.333. The Morgan fingerprint density at radius 3 is 2.71 bits per heavy atom. The van der Waals surface area contributed by atoms with Crippen LogP contribution < -0.4 is 5.32 Å². The molecule has 14 heavy (non-hydrogen) atoms. The number of ether oxygens (including phenoxy) is 1. The van der Waals surface area contributed by atoms with E-state index in [-0.39, 0.29) is 12.5 Å². The Balaban J connectivity index is 2.59. The van der Waals surface area contributed by atoms with Crippen LogP contribution in [0.3, 0.4) is 0 Å². The van der Waals surface area contributed by atoms with Crippen molar-refractivity contribution in [2.24, 2.45) is 0 Å². The summed E-state index contributed by atoms with van der Waals surface area (Å²) in [5, 5.41) is 2.15. The molecule has 1 rings (SSSR count). The highest BCUT2D eigenvalue weighted by atomic mass is 16.5. The number of hydrogen-bond donors (Lipinski definition) is 1. The zero-order valence-corrected chi connectivity index (χ0v) is 7.73. The van der Waals surface area contributed by atoms with Crippen LogP contribution in [0.25, 0.3) is 0 Å². The Hall–Kier alpha value is -1.62. The number of imide groups is 1. The quantitative estimate of drug-likeness (QED) is 0.506. The standard InChI is InChI=1S/C9H12N2O3/c1-3-5-14-8(4-2)11-6-7(12)10-9(11)13/h3-4,8H,1-2,5-6H2,(H,10,12,13). The lowest BCUT2D eigenvalue weighted by Gasteiger charge is -2.22. The summed E-state index contributed by atoms with van der Waals surface area (Å²) in [5.41, 5.74) is 0. The number of amides is 3. The fourth-order valence-corrected chi connectivity index (χ4v) is 1.11. The van der Waals surface area contributed by atoms with E-state index in [4.69, 9.17) is 4.74 Å². The average Bonchev–Trinajstić information content (AvgIpc) is 2.47. The maximum absolute atomic E-state index is 11.2. The number of urea groups is 1. The van der Waals surface area contributed by atoms with Crippen molar-refractivity contribution >= 4 is 11.9 Å². The molecule has 0 aromatic rings. The number of nitrogens with one attached hydrogen (secondary N) is 1. The van der Waals surface area contributed by atoms with Gasteiger partial charge in [-0.25, -0.2) is 4.79 Å². The van der Waals surface area contributed by atoms with Gasteiger partial charge in [-0.15, -0.1) is 6.58 Å². The molecule has 0 aromatic heterocycles. The third-order valence-corrected chi connectivity index (χ3v) is 1.71. The summed E-state index contributed by atoms with van der Waals surface area (Å²) in [6.45, 7) is 7.31. The summed E-state index contributed by atoms with van der Waals surface area (Å²) < 4.78 is 5.22. The number of nitrogens with zero attached hydrogens (tertiary/aromatic N) is 1. The molecule has 3 amide bonds. The number of rotatable bonds is 5. The SMILES string of the molecule is C=CCOC(C=C)N1CC(=O)NC1=O. The van der Waals surface area contributed by atoms with E-state index < -0.39 is 12.3 Å². The van der Waals surface area contributed by atoms with E-state index in [0.717, 1.165) is 0 Å². The number of carbonyl (C=O) groups is 2. The largest absolute Gasteiger partial charge is 0.350 e. The molecule has 0 radical (unpaired) electrons. The minimum Gasteiger partial charge on any atom is -0.350 e. The summed E-state index contributed by atoms with van der Waals surface area (Å²) >= 11 is 0. The van der Waals surface area contributed by atoms with Gasteiger partial charge in [-0.3, -0.25) is 15.0 Å². The third kappa shape index (κ3) is 2.20. The van der Waals surface area contributed by atoms with Crippen LogP contribution in [0.2, 0.25) is 0 Å². The van der Waals surface area contributed by atoms with Gasteiger partial charge in [0.2, 0.25) is 5.91 Å². The number of hydrogen-bond acceptors (Lipinski definition) is 3. The van der Waals surface area contributed by atoms with E-state index >= 15 is 0 Å². The molecule has 1 aliphatic rings. The predicted octanol–water partition coefficient (Wildman–Crippen LogP) is 0.253. The predicted molar refractivity (Wildman–Crippen MR) is 50.4 cm³/mol. The Morgan fingerprint density at radius 1 is 1.57 bits per heavy atom. The normalized spacial score (nSPS) is 17.9. The highest BCUT2D eigenvalue weighted by Crippen LogP contribution is 2.07. The maximum atomic E-state index is 11.2. The molecular formula is C9H12N2O3. The highest BCUT2D eigenvalue weighted by Gasteiger charge is 2.31. The van der Waals surface area contributed by atoms with E-state index in [9.17, 15) is 9.59 Å². The molecule has 0 aliphatic carbocycles. The first-order valence-electron chi connectivity index (χ1n) is 4.14. The molecule has 5 heteroatoms. The minimum atomic E-state index is -0.584. The fourth-order valence-electron chi connectivity index (χ4n) is 1.11. The zero-order chi connectivity index (χ0) is 10.6. The molecule has 0 spiro atoms. The Morgan fingerprint density at radius 2 is 2.29 bits per heavy atom. The van der Waals surface area contributed by atoms with Crippen molar-refractivity contribution in [3.63, 3.8) is 0 Å². The molecule has 1 heterocycles. The molecule has 1 aliphatic heterocycles. The summed E-state index contributed by atoms with van der Waals surface area (Å²) in [4.78, 5) is 23.3. The van der Waals surface area contributed by atoms with E-state index in [1.54, 1.807) is 6.08 Å². The van der Waals surface area contributed by atoms with Gasteiger partial charge < -0.3 is 4.74 Å². The lowest BCUT2D eigenvalue weighted by atomic mass is 10.4. The lowest BCUT2D eigenvalue weighted by Crippen LogP contribution is -2.38. The molecule has 0 bridgehead atoms. The maximum Gasteiger partial charge on any atom is 0.326 e. The van der Waals surface area contributed by atoms with Gasteiger partial charge in [0, 0.05) is 0 Å². The van der Waals surface area contributed by atoms with Gasteiger partial charge in [0.15, 0.2) is 6.23 Å². The van der Waals surface area contributed by atoms with Gasteiger partial charge in [-0.2, -0.15) is 0 Å². The molecule has 1 unspecified atom stereocenters. The van der Waals surface area contributed by atoms with Crippen LogP contribution in [-0.2, 0) is 9.53 Å². The van der Waals surface area contributed by atoms with Crippen molar-refractivity contribution in [2.75, 3.05) is 13.2 Å². The van der Waals surface area contributed by atoms with Crippen molar-refractivity contribution in [3.8, 4) is 0 Å². The van der Waals surface area contributed by atoms with Crippen molar-refractivity contribution in [3.05, 3.63) is 25.3 Å². The Labute approximate surface area is 82.0 Å². The molecule has 0 saturated carbocycles. The summed E-state index contributed by atoms with van der Waals surface area (Å²) in [7, 11) is 0. The molecule has 1 atom stereocenters. The van der Waals surface area contributed by atoms with Crippen LogP contribution in [0.5, 0.6) is 0 Å². The number of carbonyl (C=O) groups excluding carboxylic acids is 2. The van der Waals surface area contributed by atoms with Crippen LogP contribution in [0.15, 0.2) is 25.3 Å². The molecule has 5 nitrogen and oxygen atoms in total. The Kier molecular flexibility index (Phi) is 3.41. The molecule has 1 fully saturated rings. The summed E-state index contributed by atoms with van der Waals surface area (Å²) in [5.74, 6) is -0.330. The first kappa shape index (κ1) is 10.5. The molecule has 76 valence electrons. The second-order valence-electron chi connectivity index (χ2n) is 2.73. The van der Waals surface area contributed by atoms with Gasteiger partial charge in [0.05, 0.1) is 6.61 Å². The van der Waals surface area contributed by atoms with Crippen LogP contribution in [-0.4, -0.2) is 36.2 Å². The minimum absolute atomic E-state index is 0.00661. The van der Waals surface area contributed by atoms with E-state index in [0.29, 0.717) is 6.61 Å². The van der Waals surface area contributed by atoms with Crippen molar-refractivity contribution in [1.29, 1.82) is 0 Å². The van der Waals surface area contributed by atoms with E-state index in [2.05, 4.69) is 18.5 Å². The molecule has 1 N–H and O–H groups in total.